The molecule has 5 nitrogen and oxygen atoms in total. The fourth-order valence-corrected chi connectivity index (χ4v) is 2.81. The largest absolute Gasteiger partial charge is 0.338 e. The van der Waals surface area contributed by atoms with Crippen LogP contribution in [0.4, 0.5) is 5.95 Å². The van der Waals surface area contributed by atoms with Crippen LogP contribution in [0, 0.1) is 11.3 Å². The van der Waals surface area contributed by atoms with Crippen molar-refractivity contribution in [2.24, 2.45) is 0 Å². The summed E-state index contributed by atoms with van der Waals surface area (Å²) < 4.78 is 0. The lowest BCUT2D eigenvalue weighted by molar-refractivity contribution is 0.208. The van der Waals surface area contributed by atoms with Crippen LogP contribution in [0.3, 0.4) is 0 Å². The zero-order chi connectivity index (χ0) is 16.2. The van der Waals surface area contributed by atoms with Gasteiger partial charge in [0.2, 0.25) is 5.95 Å². The molecule has 3 rings (SSSR count). The molecule has 0 bridgehead atoms. The highest BCUT2D eigenvalue weighted by molar-refractivity contribution is 5.63. The third-order valence-corrected chi connectivity index (χ3v) is 4.31. The van der Waals surface area contributed by atoms with Gasteiger partial charge in [0.1, 0.15) is 0 Å². The molecule has 23 heavy (non-hydrogen) atoms. The van der Waals surface area contributed by atoms with Gasteiger partial charge in [-0.3, -0.25) is 4.90 Å². The minimum Gasteiger partial charge on any atom is -0.338 e. The molecule has 2 aromatic rings. The molecule has 1 aliphatic heterocycles. The van der Waals surface area contributed by atoms with Gasteiger partial charge in [0.05, 0.1) is 11.6 Å². The Balaban J connectivity index is 1.69. The fraction of sp³-hybridized carbons (Fsp3) is 0.389. The lowest BCUT2D eigenvalue weighted by Crippen LogP contribution is -2.49. The van der Waals surface area contributed by atoms with E-state index in [1.54, 1.807) is 0 Å². The van der Waals surface area contributed by atoms with Crippen molar-refractivity contribution in [3.05, 3.63) is 42.2 Å². The number of rotatable bonds is 3. The predicted octanol–water partition coefficient (Wildman–Crippen LogP) is 2.55. The minimum atomic E-state index is 0.594. The molecule has 1 aliphatic rings. The molecule has 0 amide bonds. The van der Waals surface area contributed by atoms with Crippen molar-refractivity contribution < 1.29 is 0 Å². The average molecular weight is 307 g/mol. The molecule has 5 heteroatoms. The lowest BCUT2D eigenvalue weighted by Gasteiger charge is -2.36. The quantitative estimate of drug-likeness (QED) is 0.872. The molecule has 118 valence electrons. The van der Waals surface area contributed by atoms with Gasteiger partial charge in [-0.25, -0.2) is 9.97 Å². The Morgan fingerprint density at radius 2 is 1.57 bits per heavy atom. The molecule has 1 fully saturated rings. The fourth-order valence-electron chi connectivity index (χ4n) is 2.81. The first-order valence-electron chi connectivity index (χ1n) is 7.99. The summed E-state index contributed by atoms with van der Waals surface area (Å²) in [7, 11) is 0. The SMILES string of the molecule is CC(C)N1CCN(c2ncc(-c3ccc(C#N)cc3)cn2)CC1. The highest BCUT2D eigenvalue weighted by Gasteiger charge is 2.20. The molecule has 0 atom stereocenters. The first-order valence-corrected chi connectivity index (χ1v) is 7.99. The van der Waals surface area contributed by atoms with Crippen LogP contribution in [0.2, 0.25) is 0 Å². The van der Waals surface area contributed by atoms with E-state index in [2.05, 4.69) is 39.7 Å². The average Bonchev–Trinajstić information content (AvgIpc) is 2.62. The van der Waals surface area contributed by atoms with Crippen LogP contribution in [0.1, 0.15) is 19.4 Å². The first-order chi connectivity index (χ1) is 11.2. The van der Waals surface area contributed by atoms with Crippen molar-refractivity contribution in [2.45, 2.75) is 19.9 Å². The molecular formula is C18H21N5. The maximum absolute atomic E-state index is 8.85. The van der Waals surface area contributed by atoms with Gasteiger partial charge < -0.3 is 4.90 Å². The van der Waals surface area contributed by atoms with Crippen molar-refractivity contribution >= 4 is 5.95 Å². The molecule has 0 saturated carbocycles. The van der Waals surface area contributed by atoms with Gasteiger partial charge >= 0.3 is 0 Å². The van der Waals surface area contributed by atoms with Gasteiger partial charge in [0, 0.05) is 50.2 Å². The second-order valence-electron chi connectivity index (χ2n) is 6.08. The third kappa shape index (κ3) is 3.49. The molecule has 0 radical (unpaired) electrons. The first kappa shape index (κ1) is 15.4. The van der Waals surface area contributed by atoms with Crippen LogP contribution in [-0.4, -0.2) is 47.1 Å². The van der Waals surface area contributed by atoms with E-state index in [9.17, 15) is 0 Å². The summed E-state index contributed by atoms with van der Waals surface area (Å²) in [4.78, 5) is 13.8. The van der Waals surface area contributed by atoms with E-state index in [-0.39, 0.29) is 0 Å². The summed E-state index contributed by atoms with van der Waals surface area (Å²) in [6, 6.07) is 10.2. The Morgan fingerprint density at radius 3 is 2.09 bits per heavy atom. The smallest absolute Gasteiger partial charge is 0.225 e. The standard InChI is InChI=1S/C18H21N5/c1-14(2)22-7-9-23(10-8-22)18-20-12-17(13-21-18)16-5-3-15(11-19)4-6-16/h3-6,12-14H,7-10H2,1-2H3. The number of piperazine rings is 1. The van der Waals surface area contributed by atoms with Crippen molar-refractivity contribution in [3.8, 4) is 17.2 Å². The zero-order valence-electron chi connectivity index (χ0n) is 13.6. The minimum absolute atomic E-state index is 0.594. The van der Waals surface area contributed by atoms with E-state index in [4.69, 9.17) is 5.26 Å². The second-order valence-corrected chi connectivity index (χ2v) is 6.08. The van der Waals surface area contributed by atoms with Crippen molar-refractivity contribution in [1.29, 1.82) is 5.26 Å². The van der Waals surface area contributed by atoms with Crippen LogP contribution in [0.5, 0.6) is 0 Å². The van der Waals surface area contributed by atoms with Gasteiger partial charge in [-0.05, 0) is 31.5 Å². The summed E-state index contributed by atoms with van der Waals surface area (Å²) in [5.41, 5.74) is 2.66. The maximum atomic E-state index is 8.85. The monoisotopic (exact) mass is 307 g/mol. The molecule has 2 heterocycles. The summed E-state index contributed by atoms with van der Waals surface area (Å²) in [6.07, 6.45) is 3.72. The van der Waals surface area contributed by atoms with Crippen LogP contribution in [0.25, 0.3) is 11.1 Å². The summed E-state index contributed by atoms with van der Waals surface area (Å²) in [5, 5.41) is 8.85. The van der Waals surface area contributed by atoms with Gasteiger partial charge in [-0.15, -0.1) is 0 Å². The molecule has 0 unspecified atom stereocenters. The van der Waals surface area contributed by atoms with Gasteiger partial charge in [-0.1, -0.05) is 12.1 Å². The Labute approximate surface area is 137 Å². The summed E-state index contributed by atoms with van der Waals surface area (Å²) in [5.74, 6) is 0.797. The van der Waals surface area contributed by atoms with E-state index < -0.39 is 0 Å². The lowest BCUT2D eigenvalue weighted by atomic mass is 10.1. The molecule has 0 spiro atoms. The third-order valence-electron chi connectivity index (χ3n) is 4.31. The Morgan fingerprint density at radius 1 is 0.957 bits per heavy atom. The topological polar surface area (TPSA) is 56.0 Å². The Hall–Kier alpha value is -2.45. The zero-order valence-corrected chi connectivity index (χ0v) is 13.6. The molecule has 1 aromatic heterocycles. The van der Waals surface area contributed by atoms with Gasteiger partial charge in [0.25, 0.3) is 0 Å². The summed E-state index contributed by atoms with van der Waals surface area (Å²) in [6.45, 7) is 8.51. The van der Waals surface area contributed by atoms with Gasteiger partial charge in [0.15, 0.2) is 0 Å². The van der Waals surface area contributed by atoms with Crippen LogP contribution in [0.15, 0.2) is 36.7 Å². The predicted molar refractivity (Wildman–Crippen MR) is 91.1 cm³/mol. The van der Waals surface area contributed by atoms with E-state index in [1.165, 1.54) is 0 Å². The van der Waals surface area contributed by atoms with Crippen LogP contribution in [-0.2, 0) is 0 Å². The number of benzene rings is 1. The molecular weight excluding hydrogens is 286 g/mol. The molecule has 1 saturated heterocycles. The number of nitriles is 1. The number of nitrogens with zero attached hydrogens (tertiary/aromatic N) is 5. The molecule has 0 aliphatic carbocycles. The van der Waals surface area contributed by atoms with Crippen LogP contribution < -0.4 is 4.90 Å². The van der Waals surface area contributed by atoms with Crippen LogP contribution >= 0.6 is 0 Å². The maximum Gasteiger partial charge on any atom is 0.225 e. The van der Waals surface area contributed by atoms with E-state index in [1.807, 2.05) is 36.7 Å². The number of hydrogen-bond acceptors (Lipinski definition) is 5. The van der Waals surface area contributed by atoms with Crippen molar-refractivity contribution in [1.82, 2.24) is 14.9 Å². The number of aromatic nitrogens is 2. The van der Waals surface area contributed by atoms with E-state index in [0.717, 1.165) is 43.3 Å². The van der Waals surface area contributed by atoms with E-state index in [0.29, 0.717) is 11.6 Å². The molecule has 1 aromatic carbocycles. The van der Waals surface area contributed by atoms with Crippen molar-refractivity contribution in [3.63, 3.8) is 0 Å². The highest BCUT2D eigenvalue weighted by Crippen LogP contribution is 2.20. The molecule has 0 N–H and O–H groups in total. The van der Waals surface area contributed by atoms with Crippen molar-refractivity contribution in [2.75, 3.05) is 31.1 Å². The normalized spacial score (nSPS) is 15.7. The number of anilines is 1. The Kier molecular flexibility index (Phi) is 4.54. The summed E-state index contributed by atoms with van der Waals surface area (Å²) >= 11 is 0. The second kappa shape index (κ2) is 6.76. The van der Waals surface area contributed by atoms with Gasteiger partial charge in [-0.2, -0.15) is 5.26 Å². The number of hydrogen-bond donors (Lipinski definition) is 0. The highest BCUT2D eigenvalue weighted by atomic mass is 15.3. The van der Waals surface area contributed by atoms with E-state index >= 15 is 0 Å². The Bertz CT molecular complexity index is 677.